The molecule has 0 aliphatic heterocycles. The predicted octanol–water partition coefficient (Wildman–Crippen LogP) is 1.54. The molecule has 125 valence electrons. The molecule has 24 heavy (non-hydrogen) atoms. The Morgan fingerprint density at radius 3 is 2.88 bits per heavy atom. The standard InChI is InChI=1S/C17H17ClN3O3/c1-2-7-24-14-5-3-11(8-13(14)18)4-6-15(22)21-17(10-19)9-12(17)16(20)23/h2-3,5-6,8,12H,1,4,7,9H2,(H2,20,23)(H,21,22)/t12?,17-/m1/s1. The summed E-state index contributed by atoms with van der Waals surface area (Å²) >= 11 is 6.11. The van der Waals surface area contributed by atoms with E-state index in [-0.39, 0.29) is 6.42 Å². The van der Waals surface area contributed by atoms with Crippen molar-refractivity contribution in [1.29, 1.82) is 5.26 Å². The minimum Gasteiger partial charge on any atom is -0.488 e. The van der Waals surface area contributed by atoms with Gasteiger partial charge in [0.15, 0.2) is 0 Å². The van der Waals surface area contributed by atoms with Gasteiger partial charge in [0.05, 0.1) is 23.4 Å². The maximum absolute atomic E-state index is 12.0. The van der Waals surface area contributed by atoms with E-state index in [2.05, 4.69) is 11.9 Å². The van der Waals surface area contributed by atoms with Gasteiger partial charge in [-0.05, 0) is 30.5 Å². The molecule has 1 aromatic rings. The largest absolute Gasteiger partial charge is 0.488 e. The fourth-order valence-corrected chi connectivity index (χ4v) is 2.57. The maximum atomic E-state index is 12.0. The van der Waals surface area contributed by atoms with Crippen LogP contribution in [-0.4, -0.2) is 24.0 Å². The Kier molecular flexibility index (Phi) is 5.47. The van der Waals surface area contributed by atoms with Gasteiger partial charge >= 0.3 is 0 Å². The summed E-state index contributed by atoms with van der Waals surface area (Å²) in [4.78, 5) is 23.1. The number of halogens is 1. The minimum atomic E-state index is -1.17. The summed E-state index contributed by atoms with van der Waals surface area (Å²) in [7, 11) is 0. The van der Waals surface area contributed by atoms with Crippen LogP contribution >= 0.6 is 11.6 Å². The summed E-state index contributed by atoms with van der Waals surface area (Å²) in [5.41, 5.74) is 4.82. The van der Waals surface area contributed by atoms with Crippen LogP contribution in [0.15, 0.2) is 30.9 Å². The first kappa shape index (κ1) is 17.8. The average Bonchev–Trinajstić information content (AvgIpc) is 3.27. The normalized spacial score (nSPS) is 21.4. The number of carbonyl (C=O) groups excluding carboxylic acids is 2. The first-order valence-corrected chi connectivity index (χ1v) is 7.67. The van der Waals surface area contributed by atoms with E-state index < -0.39 is 23.3 Å². The van der Waals surface area contributed by atoms with E-state index in [0.29, 0.717) is 23.8 Å². The van der Waals surface area contributed by atoms with Crippen LogP contribution in [0.5, 0.6) is 5.75 Å². The van der Waals surface area contributed by atoms with Crippen LogP contribution in [0.2, 0.25) is 5.02 Å². The van der Waals surface area contributed by atoms with Crippen molar-refractivity contribution in [2.45, 2.75) is 18.4 Å². The van der Waals surface area contributed by atoms with Crippen LogP contribution < -0.4 is 15.8 Å². The van der Waals surface area contributed by atoms with Gasteiger partial charge in [-0.25, -0.2) is 0 Å². The van der Waals surface area contributed by atoms with Gasteiger partial charge in [0.25, 0.3) is 0 Å². The summed E-state index contributed by atoms with van der Waals surface area (Å²) in [6, 6.07) is 7.16. The second kappa shape index (κ2) is 7.37. The van der Waals surface area contributed by atoms with Crippen molar-refractivity contribution in [2.75, 3.05) is 6.61 Å². The molecule has 2 amide bonds. The number of nitriles is 1. The maximum Gasteiger partial charge on any atom is 0.225 e. The molecule has 2 atom stereocenters. The molecule has 1 aliphatic rings. The molecule has 1 aromatic carbocycles. The number of hydrogen-bond acceptors (Lipinski definition) is 4. The monoisotopic (exact) mass is 346 g/mol. The first-order valence-electron chi connectivity index (χ1n) is 7.30. The second-order valence-electron chi connectivity index (χ2n) is 5.50. The number of primary amides is 1. The van der Waals surface area contributed by atoms with Crippen molar-refractivity contribution in [3.8, 4) is 11.8 Å². The summed E-state index contributed by atoms with van der Waals surface area (Å²) in [5, 5.41) is 12.1. The summed E-state index contributed by atoms with van der Waals surface area (Å²) < 4.78 is 5.37. The van der Waals surface area contributed by atoms with Crippen LogP contribution in [0.3, 0.4) is 0 Å². The Hall–Kier alpha value is -2.52. The van der Waals surface area contributed by atoms with E-state index in [0.717, 1.165) is 5.56 Å². The lowest BCUT2D eigenvalue weighted by atomic mass is 10.1. The third kappa shape index (κ3) is 4.06. The summed E-state index contributed by atoms with van der Waals surface area (Å²) in [5.74, 6) is -1.10. The van der Waals surface area contributed by atoms with Crippen LogP contribution in [0.25, 0.3) is 0 Å². The van der Waals surface area contributed by atoms with Gasteiger partial charge in [-0.3, -0.25) is 9.59 Å². The van der Waals surface area contributed by atoms with Gasteiger partial charge in [0.2, 0.25) is 11.8 Å². The molecule has 0 saturated heterocycles. The zero-order valence-electron chi connectivity index (χ0n) is 12.9. The quantitative estimate of drug-likeness (QED) is 0.696. The van der Waals surface area contributed by atoms with Gasteiger partial charge < -0.3 is 15.8 Å². The Morgan fingerprint density at radius 2 is 2.33 bits per heavy atom. The Morgan fingerprint density at radius 1 is 1.58 bits per heavy atom. The first-order chi connectivity index (χ1) is 11.4. The molecule has 1 unspecified atom stereocenters. The van der Waals surface area contributed by atoms with Gasteiger partial charge in [-0.15, -0.1) is 0 Å². The van der Waals surface area contributed by atoms with E-state index in [1.165, 1.54) is 6.42 Å². The number of carbonyl (C=O) groups is 2. The van der Waals surface area contributed by atoms with Crippen molar-refractivity contribution in [3.05, 3.63) is 47.9 Å². The highest BCUT2D eigenvalue weighted by atomic mass is 35.5. The van der Waals surface area contributed by atoms with E-state index in [9.17, 15) is 9.59 Å². The summed E-state index contributed by atoms with van der Waals surface area (Å²) in [6.07, 6.45) is 3.59. The van der Waals surface area contributed by atoms with Gasteiger partial charge in [0.1, 0.15) is 17.9 Å². The zero-order valence-corrected chi connectivity index (χ0v) is 13.7. The molecule has 0 aromatic heterocycles. The molecule has 7 heteroatoms. The zero-order chi connectivity index (χ0) is 17.7. The number of hydrogen-bond donors (Lipinski definition) is 2. The molecule has 2 rings (SSSR count). The van der Waals surface area contributed by atoms with Gasteiger partial charge in [-0.2, -0.15) is 5.26 Å². The number of ether oxygens (including phenoxy) is 1. The topological polar surface area (TPSA) is 105 Å². The van der Waals surface area contributed by atoms with Gasteiger partial charge in [-0.1, -0.05) is 30.3 Å². The van der Waals surface area contributed by atoms with Crippen molar-refractivity contribution in [2.24, 2.45) is 11.7 Å². The van der Waals surface area contributed by atoms with Crippen molar-refractivity contribution < 1.29 is 14.3 Å². The highest BCUT2D eigenvalue weighted by Gasteiger charge is 2.59. The highest BCUT2D eigenvalue weighted by Crippen LogP contribution is 2.42. The van der Waals surface area contributed by atoms with Crippen LogP contribution in [0.4, 0.5) is 0 Å². The number of rotatable bonds is 8. The molecule has 0 heterocycles. The SMILES string of the molecule is C=CCOc1ccc(C[CH]C(=O)N[C@@]2(C#N)CC2C(N)=O)cc1Cl. The third-order valence-electron chi connectivity index (χ3n) is 3.73. The van der Waals surface area contributed by atoms with E-state index in [4.69, 9.17) is 27.3 Å². The Balaban J connectivity index is 1.88. The second-order valence-corrected chi connectivity index (χ2v) is 5.91. The highest BCUT2D eigenvalue weighted by molar-refractivity contribution is 6.32. The van der Waals surface area contributed by atoms with Crippen molar-refractivity contribution in [3.63, 3.8) is 0 Å². The molecule has 1 fully saturated rings. The fourth-order valence-electron chi connectivity index (χ4n) is 2.31. The lowest BCUT2D eigenvalue weighted by molar-refractivity contribution is -0.120. The average molecular weight is 347 g/mol. The van der Waals surface area contributed by atoms with Crippen LogP contribution in [0, 0.1) is 23.7 Å². The van der Waals surface area contributed by atoms with Crippen molar-refractivity contribution in [1.82, 2.24) is 5.32 Å². The van der Waals surface area contributed by atoms with E-state index in [1.807, 2.05) is 6.07 Å². The molecule has 1 radical (unpaired) electrons. The number of nitrogens with two attached hydrogens (primary N) is 1. The fraction of sp³-hybridized carbons (Fsp3) is 0.294. The minimum absolute atomic E-state index is 0.250. The van der Waals surface area contributed by atoms with Crippen LogP contribution in [0.1, 0.15) is 12.0 Å². The molecule has 0 spiro atoms. The number of nitrogens with zero attached hydrogens (tertiary/aromatic N) is 1. The third-order valence-corrected chi connectivity index (χ3v) is 4.02. The summed E-state index contributed by atoms with van der Waals surface area (Å²) in [6.45, 7) is 3.91. The van der Waals surface area contributed by atoms with E-state index in [1.54, 1.807) is 24.3 Å². The molecular weight excluding hydrogens is 330 g/mol. The molecule has 6 nitrogen and oxygen atoms in total. The number of benzene rings is 1. The van der Waals surface area contributed by atoms with Crippen LogP contribution in [-0.2, 0) is 16.0 Å². The molecule has 1 saturated carbocycles. The molecular formula is C17H17ClN3O3. The lowest BCUT2D eigenvalue weighted by Gasteiger charge is -2.11. The van der Waals surface area contributed by atoms with E-state index >= 15 is 0 Å². The van der Waals surface area contributed by atoms with Crippen molar-refractivity contribution >= 4 is 23.4 Å². The molecule has 1 aliphatic carbocycles. The smallest absolute Gasteiger partial charge is 0.225 e. The molecule has 3 N–H and O–H groups in total. The predicted molar refractivity (Wildman–Crippen MR) is 88.9 cm³/mol. The Labute approximate surface area is 145 Å². The lowest BCUT2D eigenvalue weighted by Crippen LogP contribution is -2.40. The number of nitrogens with one attached hydrogen (secondary N) is 1. The molecule has 0 bridgehead atoms. The number of amides is 2. The Bertz CT molecular complexity index is 714. The van der Waals surface area contributed by atoms with Gasteiger partial charge in [0, 0.05) is 0 Å².